The lowest BCUT2D eigenvalue weighted by Crippen LogP contribution is -2.42. The number of halogens is 1. The molecule has 0 bridgehead atoms. The van der Waals surface area contributed by atoms with Gasteiger partial charge in [-0.2, -0.15) is 0 Å². The summed E-state index contributed by atoms with van der Waals surface area (Å²) in [7, 11) is -3.18. The zero-order valence-electron chi connectivity index (χ0n) is 17.0. The summed E-state index contributed by atoms with van der Waals surface area (Å²) >= 11 is 0. The zero-order valence-corrected chi connectivity index (χ0v) is 20.1. The third kappa shape index (κ3) is 11.4. The van der Waals surface area contributed by atoms with Crippen molar-refractivity contribution >= 4 is 39.8 Å². The molecule has 156 valence electrons. The third-order valence-corrected chi connectivity index (χ3v) is 4.91. The predicted molar refractivity (Wildman–Crippen MR) is 123 cm³/mol. The van der Waals surface area contributed by atoms with Gasteiger partial charge in [0.15, 0.2) is 15.8 Å². The molecular formula is C19H34IN3O3S. The van der Waals surface area contributed by atoms with Gasteiger partial charge < -0.3 is 15.4 Å². The Morgan fingerprint density at radius 3 is 2.30 bits per heavy atom. The van der Waals surface area contributed by atoms with E-state index < -0.39 is 9.84 Å². The minimum atomic E-state index is -3.18. The first kappa shape index (κ1) is 26.0. The van der Waals surface area contributed by atoms with Crippen molar-refractivity contribution in [2.45, 2.75) is 51.5 Å². The molecule has 0 aliphatic rings. The van der Waals surface area contributed by atoms with Crippen LogP contribution in [0, 0.1) is 5.92 Å². The van der Waals surface area contributed by atoms with Gasteiger partial charge >= 0.3 is 0 Å². The van der Waals surface area contributed by atoms with Gasteiger partial charge in [0.2, 0.25) is 0 Å². The van der Waals surface area contributed by atoms with E-state index in [9.17, 15) is 8.42 Å². The molecule has 0 fully saturated rings. The minimum Gasteiger partial charge on any atom is -0.492 e. The molecule has 0 aromatic heterocycles. The maximum Gasteiger partial charge on any atom is 0.191 e. The van der Waals surface area contributed by atoms with E-state index in [0.29, 0.717) is 30.9 Å². The van der Waals surface area contributed by atoms with Gasteiger partial charge in [-0.25, -0.2) is 13.4 Å². The van der Waals surface area contributed by atoms with Crippen molar-refractivity contribution in [1.29, 1.82) is 0 Å². The average Bonchev–Trinajstić information content (AvgIpc) is 2.56. The maximum atomic E-state index is 11.4. The number of benzene rings is 1. The highest BCUT2D eigenvalue weighted by molar-refractivity contribution is 14.0. The first-order valence-electron chi connectivity index (χ1n) is 9.20. The van der Waals surface area contributed by atoms with Crippen LogP contribution in [0.4, 0.5) is 0 Å². The molecule has 8 heteroatoms. The van der Waals surface area contributed by atoms with Crippen molar-refractivity contribution in [3.63, 3.8) is 0 Å². The van der Waals surface area contributed by atoms with Gasteiger partial charge in [0.1, 0.15) is 12.4 Å². The highest BCUT2D eigenvalue weighted by Crippen LogP contribution is 2.15. The molecule has 0 saturated carbocycles. The molecule has 0 aliphatic carbocycles. The number of nitrogens with zero attached hydrogens (tertiary/aromatic N) is 1. The highest BCUT2D eigenvalue weighted by atomic mass is 127. The van der Waals surface area contributed by atoms with Crippen LogP contribution in [0.25, 0.3) is 0 Å². The lowest BCUT2D eigenvalue weighted by Gasteiger charge is -2.18. The second-order valence-corrected chi connectivity index (χ2v) is 8.89. The maximum absolute atomic E-state index is 11.4. The number of rotatable bonds is 10. The van der Waals surface area contributed by atoms with Crippen LogP contribution in [-0.4, -0.2) is 46.4 Å². The summed E-state index contributed by atoms with van der Waals surface area (Å²) < 4.78 is 28.5. The van der Waals surface area contributed by atoms with Crippen molar-refractivity contribution in [2.24, 2.45) is 10.9 Å². The van der Waals surface area contributed by atoms with E-state index in [1.165, 1.54) is 12.7 Å². The van der Waals surface area contributed by atoms with Gasteiger partial charge in [0.25, 0.3) is 0 Å². The van der Waals surface area contributed by atoms with Crippen molar-refractivity contribution in [2.75, 3.05) is 26.0 Å². The molecule has 1 aromatic rings. The Hall–Kier alpha value is -1.03. The fraction of sp³-hybridized carbons (Fsp3) is 0.632. The van der Waals surface area contributed by atoms with Crippen LogP contribution in [0.5, 0.6) is 5.75 Å². The molecule has 1 atom stereocenters. The van der Waals surface area contributed by atoms with E-state index in [4.69, 9.17) is 4.74 Å². The van der Waals surface area contributed by atoms with Gasteiger partial charge in [0.05, 0.1) is 11.4 Å². The fourth-order valence-electron chi connectivity index (χ4n) is 2.31. The summed E-state index contributed by atoms with van der Waals surface area (Å²) in [5.41, 5.74) is 0. The molecular weight excluding hydrogens is 477 g/mol. The van der Waals surface area contributed by atoms with E-state index in [2.05, 4.69) is 36.4 Å². The summed E-state index contributed by atoms with van der Waals surface area (Å²) in [4.78, 5) is 4.81. The lowest BCUT2D eigenvalue weighted by molar-refractivity contribution is 0.328. The molecule has 1 aromatic carbocycles. The van der Waals surface area contributed by atoms with Crippen LogP contribution >= 0.6 is 24.0 Å². The van der Waals surface area contributed by atoms with E-state index in [1.54, 1.807) is 24.3 Å². The largest absolute Gasteiger partial charge is 0.492 e. The lowest BCUT2D eigenvalue weighted by atomic mass is 10.0. The van der Waals surface area contributed by atoms with E-state index >= 15 is 0 Å². The molecule has 0 spiro atoms. The van der Waals surface area contributed by atoms with Crippen molar-refractivity contribution < 1.29 is 13.2 Å². The molecule has 2 N–H and O–H groups in total. The highest BCUT2D eigenvalue weighted by Gasteiger charge is 2.07. The molecule has 0 amide bonds. The second kappa shape index (κ2) is 13.2. The van der Waals surface area contributed by atoms with Crippen molar-refractivity contribution in [3.8, 4) is 5.75 Å². The van der Waals surface area contributed by atoms with E-state index in [1.807, 2.05) is 6.92 Å². The van der Waals surface area contributed by atoms with Crippen LogP contribution in [0.15, 0.2) is 34.2 Å². The molecule has 27 heavy (non-hydrogen) atoms. The first-order chi connectivity index (χ1) is 12.2. The predicted octanol–water partition coefficient (Wildman–Crippen LogP) is 3.47. The Bertz CT molecular complexity index is 661. The van der Waals surface area contributed by atoms with E-state index in [-0.39, 0.29) is 28.9 Å². The summed E-state index contributed by atoms with van der Waals surface area (Å²) in [6, 6.07) is 6.79. The normalized spacial score (nSPS) is 13.0. The van der Waals surface area contributed by atoms with Gasteiger partial charge in [0, 0.05) is 18.8 Å². The topological polar surface area (TPSA) is 79.8 Å². The molecule has 0 heterocycles. The number of hydrogen-bond acceptors (Lipinski definition) is 4. The molecule has 1 unspecified atom stereocenters. The summed E-state index contributed by atoms with van der Waals surface area (Å²) in [5, 5.41) is 6.65. The van der Waals surface area contributed by atoms with Gasteiger partial charge in [-0.1, -0.05) is 13.8 Å². The molecule has 0 aliphatic heterocycles. The van der Waals surface area contributed by atoms with Gasteiger partial charge in [-0.3, -0.25) is 0 Å². The SMILES string of the molecule is CCNC(=NCCOc1ccc(S(C)(=O)=O)cc1)NC(C)CCC(C)C.I. The van der Waals surface area contributed by atoms with Crippen LogP contribution in [-0.2, 0) is 9.84 Å². The molecule has 0 radical (unpaired) electrons. The Labute approximate surface area is 181 Å². The number of sulfone groups is 1. The monoisotopic (exact) mass is 511 g/mol. The van der Waals surface area contributed by atoms with Crippen LogP contribution in [0.1, 0.15) is 40.5 Å². The Morgan fingerprint density at radius 1 is 1.15 bits per heavy atom. The Morgan fingerprint density at radius 2 is 1.78 bits per heavy atom. The Kier molecular flexibility index (Phi) is 12.7. The second-order valence-electron chi connectivity index (χ2n) is 6.87. The van der Waals surface area contributed by atoms with Crippen molar-refractivity contribution in [1.82, 2.24) is 10.6 Å². The van der Waals surface area contributed by atoms with Crippen LogP contribution in [0.3, 0.4) is 0 Å². The number of guanidine groups is 1. The number of ether oxygens (including phenoxy) is 1. The molecule has 1 rings (SSSR count). The standard InChI is InChI=1S/C19H33N3O3S.HI/c1-6-20-19(22-16(4)8-7-15(2)3)21-13-14-25-17-9-11-18(12-10-17)26(5,23)24;/h9-12,15-16H,6-8,13-14H2,1-5H3,(H2,20,21,22);1H. The van der Waals surface area contributed by atoms with E-state index in [0.717, 1.165) is 18.9 Å². The Balaban J connectivity index is 0.00000676. The summed E-state index contributed by atoms with van der Waals surface area (Å²) in [6.07, 6.45) is 3.47. The quantitative estimate of drug-likeness (QED) is 0.218. The van der Waals surface area contributed by atoms with Gasteiger partial charge in [-0.15, -0.1) is 24.0 Å². The molecule has 0 saturated heterocycles. The number of aliphatic imine (C=N–C) groups is 1. The third-order valence-electron chi connectivity index (χ3n) is 3.79. The van der Waals surface area contributed by atoms with Gasteiger partial charge in [-0.05, 0) is 56.9 Å². The minimum absolute atomic E-state index is 0. The average molecular weight is 511 g/mol. The zero-order chi connectivity index (χ0) is 19.6. The number of nitrogens with one attached hydrogen (secondary N) is 2. The summed E-state index contributed by atoms with van der Waals surface area (Å²) in [5.74, 6) is 2.12. The summed E-state index contributed by atoms with van der Waals surface area (Å²) in [6.45, 7) is 10.4. The van der Waals surface area contributed by atoms with Crippen LogP contribution < -0.4 is 15.4 Å². The fourth-order valence-corrected chi connectivity index (χ4v) is 2.94. The molecule has 6 nitrogen and oxygen atoms in total. The number of hydrogen-bond donors (Lipinski definition) is 2. The smallest absolute Gasteiger partial charge is 0.191 e. The van der Waals surface area contributed by atoms with Crippen molar-refractivity contribution in [3.05, 3.63) is 24.3 Å². The first-order valence-corrected chi connectivity index (χ1v) is 11.1. The van der Waals surface area contributed by atoms with Crippen LogP contribution in [0.2, 0.25) is 0 Å².